The van der Waals surface area contributed by atoms with Crippen LogP contribution in [0.4, 0.5) is 10.1 Å². The largest absolute Gasteiger partial charge is 0.371 e. The molecular formula is C13H18FN3O. The summed E-state index contributed by atoms with van der Waals surface area (Å²) < 4.78 is 13.1. The molecule has 1 aliphatic rings. The fraction of sp³-hybridized carbons (Fsp3) is 0.462. The predicted octanol–water partition coefficient (Wildman–Crippen LogP) is 1.19. The van der Waals surface area contributed by atoms with Crippen LogP contribution >= 0.6 is 0 Å². The molecule has 0 radical (unpaired) electrons. The average molecular weight is 251 g/mol. The summed E-state index contributed by atoms with van der Waals surface area (Å²) in [7, 11) is 2.01. The van der Waals surface area contributed by atoms with Gasteiger partial charge >= 0.3 is 0 Å². The van der Waals surface area contributed by atoms with Crippen LogP contribution in [0.15, 0.2) is 24.3 Å². The van der Waals surface area contributed by atoms with Gasteiger partial charge in [0.15, 0.2) is 0 Å². The number of hydrogen-bond acceptors (Lipinski definition) is 3. The van der Waals surface area contributed by atoms with Gasteiger partial charge in [0.2, 0.25) is 5.91 Å². The Balaban J connectivity index is 2.19. The number of nitrogens with two attached hydrogens (primary N) is 1. The molecule has 98 valence electrons. The van der Waals surface area contributed by atoms with Crippen LogP contribution in [-0.4, -0.2) is 36.5 Å². The van der Waals surface area contributed by atoms with Gasteiger partial charge in [-0.25, -0.2) is 4.39 Å². The highest BCUT2D eigenvalue weighted by atomic mass is 19.1. The number of carbonyl (C=O) groups is 1. The van der Waals surface area contributed by atoms with Crippen LogP contribution in [0.1, 0.15) is 12.8 Å². The lowest BCUT2D eigenvalue weighted by Gasteiger charge is -2.39. The Morgan fingerprint density at radius 3 is 2.67 bits per heavy atom. The highest BCUT2D eigenvalue weighted by molar-refractivity contribution is 5.88. The van der Waals surface area contributed by atoms with Gasteiger partial charge in [0.1, 0.15) is 11.4 Å². The highest BCUT2D eigenvalue weighted by Gasteiger charge is 2.39. The quantitative estimate of drug-likeness (QED) is 0.848. The Morgan fingerprint density at radius 2 is 2.11 bits per heavy atom. The normalized spacial score (nSPS) is 19.4. The van der Waals surface area contributed by atoms with E-state index in [1.54, 1.807) is 12.1 Å². The van der Waals surface area contributed by atoms with Crippen molar-refractivity contribution in [1.82, 2.24) is 4.90 Å². The van der Waals surface area contributed by atoms with Crippen molar-refractivity contribution in [3.63, 3.8) is 0 Å². The fourth-order valence-corrected chi connectivity index (χ4v) is 2.28. The standard InChI is InChI=1S/C13H18FN3O/c1-17-7-5-13(6-8-17,12(15)18)16-11-4-2-3-10(14)9-11/h2-4,9,16H,5-8H2,1H3,(H2,15,18). The molecule has 1 amide bonds. The summed E-state index contributed by atoms with van der Waals surface area (Å²) in [4.78, 5) is 13.9. The van der Waals surface area contributed by atoms with E-state index in [1.165, 1.54) is 12.1 Å². The summed E-state index contributed by atoms with van der Waals surface area (Å²) in [5.74, 6) is -0.701. The fourth-order valence-electron chi connectivity index (χ4n) is 2.28. The zero-order valence-electron chi connectivity index (χ0n) is 10.4. The van der Waals surface area contributed by atoms with Crippen molar-refractivity contribution in [2.75, 3.05) is 25.5 Å². The predicted molar refractivity (Wildman–Crippen MR) is 68.7 cm³/mol. The van der Waals surface area contributed by atoms with Crippen molar-refractivity contribution in [1.29, 1.82) is 0 Å². The molecule has 0 spiro atoms. The number of rotatable bonds is 3. The summed E-state index contributed by atoms with van der Waals surface area (Å²) in [6.07, 6.45) is 1.27. The van der Waals surface area contributed by atoms with Gasteiger partial charge in [-0.05, 0) is 38.1 Å². The van der Waals surface area contributed by atoms with Crippen LogP contribution in [0.3, 0.4) is 0 Å². The van der Waals surface area contributed by atoms with Gasteiger partial charge in [-0.2, -0.15) is 0 Å². The minimum absolute atomic E-state index is 0.326. The molecule has 0 saturated carbocycles. The maximum Gasteiger partial charge on any atom is 0.243 e. The van der Waals surface area contributed by atoms with Gasteiger partial charge < -0.3 is 16.0 Å². The highest BCUT2D eigenvalue weighted by Crippen LogP contribution is 2.26. The molecule has 1 heterocycles. The van der Waals surface area contributed by atoms with Crippen molar-refractivity contribution in [2.45, 2.75) is 18.4 Å². The third-order valence-corrected chi connectivity index (χ3v) is 3.52. The second kappa shape index (κ2) is 4.94. The molecule has 1 saturated heterocycles. The van der Waals surface area contributed by atoms with E-state index in [0.717, 1.165) is 13.1 Å². The Bertz CT molecular complexity index is 442. The van der Waals surface area contributed by atoms with Crippen molar-refractivity contribution in [2.24, 2.45) is 5.73 Å². The van der Waals surface area contributed by atoms with Crippen LogP contribution in [0.5, 0.6) is 0 Å². The number of anilines is 1. The molecular weight excluding hydrogens is 233 g/mol. The number of nitrogens with one attached hydrogen (secondary N) is 1. The van der Waals surface area contributed by atoms with E-state index in [4.69, 9.17) is 5.73 Å². The summed E-state index contributed by atoms with van der Waals surface area (Å²) in [6.45, 7) is 1.59. The van der Waals surface area contributed by atoms with Crippen molar-refractivity contribution in [3.05, 3.63) is 30.1 Å². The van der Waals surface area contributed by atoms with Gasteiger partial charge in [0, 0.05) is 18.8 Å². The van der Waals surface area contributed by atoms with Crippen LogP contribution in [0.2, 0.25) is 0 Å². The Labute approximate surface area is 106 Å². The molecule has 5 heteroatoms. The number of benzene rings is 1. The summed E-state index contributed by atoms with van der Waals surface area (Å²) in [5.41, 5.74) is 5.35. The zero-order valence-corrected chi connectivity index (χ0v) is 10.4. The van der Waals surface area contributed by atoms with Crippen molar-refractivity contribution in [3.8, 4) is 0 Å². The summed E-state index contributed by atoms with van der Waals surface area (Å²) >= 11 is 0. The number of hydrogen-bond donors (Lipinski definition) is 2. The van der Waals surface area contributed by atoms with Gasteiger partial charge in [0.05, 0.1) is 0 Å². The molecule has 0 unspecified atom stereocenters. The van der Waals surface area contributed by atoms with E-state index in [1.807, 2.05) is 7.05 Å². The number of halogens is 1. The number of carbonyl (C=O) groups excluding carboxylic acids is 1. The molecule has 2 rings (SSSR count). The van der Waals surface area contributed by atoms with Crippen molar-refractivity contribution >= 4 is 11.6 Å². The average Bonchev–Trinajstić information content (AvgIpc) is 2.32. The summed E-state index contributed by atoms with van der Waals surface area (Å²) in [5, 5.41) is 3.11. The van der Waals surface area contributed by atoms with Gasteiger partial charge in [-0.15, -0.1) is 0 Å². The second-order valence-electron chi connectivity index (χ2n) is 4.88. The zero-order chi connectivity index (χ0) is 13.2. The molecule has 0 aliphatic carbocycles. The lowest BCUT2D eigenvalue weighted by atomic mass is 9.86. The van der Waals surface area contributed by atoms with Crippen LogP contribution in [-0.2, 0) is 4.79 Å². The molecule has 0 aromatic heterocycles. The molecule has 18 heavy (non-hydrogen) atoms. The van der Waals surface area contributed by atoms with Crippen LogP contribution in [0, 0.1) is 5.82 Å². The maximum atomic E-state index is 13.1. The minimum Gasteiger partial charge on any atom is -0.371 e. The molecule has 1 fully saturated rings. The van der Waals surface area contributed by atoms with E-state index < -0.39 is 5.54 Å². The number of primary amides is 1. The maximum absolute atomic E-state index is 13.1. The van der Waals surface area contributed by atoms with E-state index in [9.17, 15) is 9.18 Å². The molecule has 1 aromatic carbocycles. The van der Waals surface area contributed by atoms with Gasteiger partial charge in [-0.1, -0.05) is 6.07 Å². The first-order chi connectivity index (χ1) is 8.52. The van der Waals surface area contributed by atoms with Gasteiger partial charge in [-0.3, -0.25) is 4.79 Å². The summed E-state index contributed by atoms with van der Waals surface area (Å²) in [6, 6.07) is 6.10. The third kappa shape index (κ3) is 2.61. The van der Waals surface area contributed by atoms with E-state index in [-0.39, 0.29) is 11.7 Å². The van der Waals surface area contributed by atoms with Gasteiger partial charge in [0.25, 0.3) is 0 Å². The smallest absolute Gasteiger partial charge is 0.243 e. The Kier molecular flexibility index (Phi) is 3.52. The SMILES string of the molecule is CN1CCC(Nc2cccc(F)c2)(C(N)=O)CC1. The topological polar surface area (TPSA) is 58.4 Å². The molecule has 1 aliphatic heterocycles. The Morgan fingerprint density at radius 1 is 1.44 bits per heavy atom. The van der Waals surface area contributed by atoms with Crippen LogP contribution in [0.25, 0.3) is 0 Å². The number of likely N-dealkylation sites (tertiary alicyclic amines) is 1. The number of nitrogens with zero attached hydrogens (tertiary/aromatic N) is 1. The Hall–Kier alpha value is -1.62. The first-order valence-electron chi connectivity index (χ1n) is 6.04. The lowest BCUT2D eigenvalue weighted by molar-refractivity contribution is -0.123. The molecule has 3 N–H and O–H groups in total. The van der Waals surface area contributed by atoms with E-state index >= 15 is 0 Å². The minimum atomic E-state index is -0.764. The molecule has 0 atom stereocenters. The lowest BCUT2D eigenvalue weighted by Crippen LogP contribution is -2.56. The van der Waals surface area contributed by atoms with E-state index in [2.05, 4.69) is 10.2 Å². The molecule has 1 aromatic rings. The van der Waals surface area contributed by atoms with Crippen molar-refractivity contribution < 1.29 is 9.18 Å². The number of amides is 1. The molecule has 0 bridgehead atoms. The van der Waals surface area contributed by atoms with E-state index in [0.29, 0.717) is 18.5 Å². The van der Waals surface area contributed by atoms with Crippen LogP contribution < -0.4 is 11.1 Å². The number of piperidine rings is 1. The monoisotopic (exact) mass is 251 g/mol. The molecule has 4 nitrogen and oxygen atoms in total. The third-order valence-electron chi connectivity index (χ3n) is 3.52. The first kappa shape index (κ1) is 12.8. The first-order valence-corrected chi connectivity index (χ1v) is 6.04. The second-order valence-corrected chi connectivity index (χ2v) is 4.88.